The average molecular weight is 407 g/mol. The van der Waals surface area contributed by atoms with Gasteiger partial charge in [0.1, 0.15) is 11.4 Å². The van der Waals surface area contributed by atoms with Crippen LogP contribution in [0.15, 0.2) is 54.6 Å². The van der Waals surface area contributed by atoms with Crippen molar-refractivity contribution in [2.45, 2.75) is 12.8 Å². The Balaban J connectivity index is 1.14. The molecule has 1 saturated heterocycles. The lowest BCUT2D eigenvalue weighted by Gasteiger charge is -2.36. The van der Waals surface area contributed by atoms with Gasteiger partial charge in [0, 0.05) is 55.4 Å². The highest BCUT2D eigenvalue weighted by Gasteiger charge is 2.17. The number of fused-ring (bicyclic) bond motifs is 1. The van der Waals surface area contributed by atoms with Gasteiger partial charge in [0.25, 0.3) is 5.91 Å². The second kappa shape index (κ2) is 9.67. The number of piperazine rings is 1. The van der Waals surface area contributed by atoms with Crippen molar-refractivity contribution >= 4 is 22.5 Å². The van der Waals surface area contributed by atoms with Crippen molar-refractivity contribution in [3.63, 3.8) is 0 Å². The Morgan fingerprint density at radius 3 is 2.67 bits per heavy atom. The van der Waals surface area contributed by atoms with Gasteiger partial charge in [-0.05, 0) is 43.7 Å². The van der Waals surface area contributed by atoms with E-state index >= 15 is 0 Å². The van der Waals surface area contributed by atoms with Crippen molar-refractivity contribution in [3.8, 4) is 5.75 Å². The maximum absolute atomic E-state index is 12.3. The molecule has 2 N–H and O–H groups in total. The SMILES string of the molecule is COc1cccc(N2CCN(CCCCNC(=O)c3cc4ccccc4[nH]3)CC2)c1. The fourth-order valence-electron chi connectivity index (χ4n) is 3.99. The minimum absolute atomic E-state index is 0.0295. The summed E-state index contributed by atoms with van der Waals surface area (Å²) in [5, 5.41) is 4.09. The molecule has 1 fully saturated rings. The molecular weight excluding hydrogens is 376 g/mol. The molecular formula is C24H30N4O2. The molecule has 158 valence electrons. The van der Waals surface area contributed by atoms with Crippen LogP contribution >= 0.6 is 0 Å². The molecule has 0 saturated carbocycles. The number of carbonyl (C=O) groups excluding carboxylic acids is 1. The highest BCUT2D eigenvalue weighted by Crippen LogP contribution is 2.22. The summed E-state index contributed by atoms with van der Waals surface area (Å²) in [6, 6.07) is 18.1. The number of hydrogen-bond donors (Lipinski definition) is 2. The lowest BCUT2D eigenvalue weighted by Crippen LogP contribution is -2.46. The van der Waals surface area contributed by atoms with Gasteiger partial charge in [-0.1, -0.05) is 24.3 Å². The van der Waals surface area contributed by atoms with Gasteiger partial charge in [-0.25, -0.2) is 0 Å². The number of carbonyl (C=O) groups is 1. The molecule has 1 aromatic heterocycles. The van der Waals surface area contributed by atoms with E-state index in [0.717, 1.165) is 62.2 Å². The number of nitrogens with zero attached hydrogens (tertiary/aromatic N) is 2. The van der Waals surface area contributed by atoms with Gasteiger partial charge in [-0.2, -0.15) is 0 Å². The van der Waals surface area contributed by atoms with E-state index in [1.54, 1.807) is 7.11 Å². The quantitative estimate of drug-likeness (QED) is 0.562. The molecule has 0 radical (unpaired) electrons. The van der Waals surface area contributed by atoms with Crippen molar-refractivity contribution < 1.29 is 9.53 Å². The van der Waals surface area contributed by atoms with Gasteiger partial charge in [-0.15, -0.1) is 0 Å². The van der Waals surface area contributed by atoms with E-state index < -0.39 is 0 Å². The van der Waals surface area contributed by atoms with E-state index in [9.17, 15) is 4.79 Å². The summed E-state index contributed by atoms with van der Waals surface area (Å²) in [6.45, 7) is 5.98. The van der Waals surface area contributed by atoms with Crippen molar-refractivity contribution in [2.75, 3.05) is 51.3 Å². The fraction of sp³-hybridized carbons (Fsp3) is 0.375. The summed E-state index contributed by atoms with van der Waals surface area (Å²) < 4.78 is 5.33. The van der Waals surface area contributed by atoms with Crippen molar-refractivity contribution in [1.82, 2.24) is 15.2 Å². The summed E-state index contributed by atoms with van der Waals surface area (Å²) in [7, 11) is 1.71. The summed E-state index contributed by atoms with van der Waals surface area (Å²) in [5.74, 6) is 0.877. The molecule has 0 atom stereocenters. The fourth-order valence-corrected chi connectivity index (χ4v) is 3.99. The molecule has 1 aliphatic rings. The highest BCUT2D eigenvalue weighted by molar-refractivity contribution is 5.97. The number of aromatic amines is 1. The monoisotopic (exact) mass is 406 g/mol. The van der Waals surface area contributed by atoms with Crippen molar-refractivity contribution in [3.05, 3.63) is 60.3 Å². The lowest BCUT2D eigenvalue weighted by atomic mass is 10.2. The van der Waals surface area contributed by atoms with Crippen LogP contribution in [0.2, 0.25) is 0 Å². The Hall–Kier alpha value is -2.99. The normalized spacial score (nSPS) is 14.8. The van der Waals surface area contributed by atoms with Gasteiger partial charge in [0.2, 0.25) is 0 Å². The molecule has 0 aliphatic carbocycles. The number of para-hydroxylation sites is 1. The zero-order valence-electron chi connectivity index (χ0n) is 17.6. The minimum atomic E-state index is -0.0295. The number of hydrogen-bond acceptors (Lipinski definition) is 4. The molecule has 0 bridgehead atoms. The molecule has 6 heteroatoms. The van der Waals surface area contributed by atoms with Crippen LogP contribution in [-0.4, -0.2) is 62.2 Å². The maximum Gasteiger partial charge on any atom is 0.267 e. The molecule has 2 aromatic carbocycles. The largest absolute Gasteiger partial charge is 0.497 e. The van der Waals surface area contributed by atoms with Crippen molar-refractivity contribution in [2.24, 2.45) is 0 Å². The number of rotatable bonds is 8. The van der Waals surface area contributed by atoms with E-state index in [1.807, 2.05) is 42.5 Å². The Kier molecular flexibility index (Phi) is 6.54. The molecule has 30 heavy (non-hydrogen) atoms. The van der Waals surface area contributed by atoms with Gasteiger partial charge in [0.05, 0.1) is 7.11 Å². The zero-order valence-corrected chi connectivity index (χ0v) is 17.6. The van der Waals surface area contributed by atoms with Crippen LogP contribution in [0.3, 0.4) is 0 Å². The first-order valence-electron chi connectivity index (χ1n) is 10.7. The molecule has 2 heterocycles. The predicted molar refractivity (Wildman–Crippen MR) is 122 cm³/mol. The van der Waals surface area contributed by atoms with E-state index in [0.29, 0.717) is 12.2 Å². The highest BCUT2D eigenvalue weighted by atomic mass is 16.5. The maximum atomic E-state index is 12.3. The number of aromatic nitrogens is 1. The smallest absolute Gasteiger partial charge is 0.267 e. The second-order valence-electron chi connectivity index (χ2n) is 7.76. The summed E-state index contributed by atoms with van der Waals surface area (Å²) >= 11 is 0. The average Bonchev–Trinajstić information content (AvgIpc) is 3.24. The number of H-pyrrole nitrogens is 1. The van der Waals surface area contributed by atoms with Gasteiger partial charge >= 0.3 is 0 Å². The van der Waals surface area contributed by atoms with Crippen LogP contribution in [0.4, 0.5) is 5.69 Å². The molecule has 0 spiro atoms. The summed E-state index contributed by atoms with van der Waals surface area (Å²) in [6.07, 6.45) is 2.08. The first-order valence-corrected chi connectivity index (χ1v) is 10.7. The van der Waals surface area contributed by atoms with E-state index in [1.165, 1.54) is 5.69 Å². The number of amides is 1. The molecule has 3 aromatic rings. The Morgan fingerprint density at radius 2 is 1.87 bits per heavy atom. The summed E-state index contributed by atoms with van der Waals surface area (Å²) in [5.41, 5.74) is 2.86. The van der Waals surface area contributed by atoms with E-state index in [4.69, 9.17) is 4.74 Å². The molecule has 0 unspecified atom stereocenters. The lowest BCUT2D eigenvalue weighted by molar-refractivity contribution is 0.0948. The van der Waals surface area contributed by atoms with E-state index in [-0.39, 0.29) is 5.91 Å². The number of methoxy groups -OCH3 is 1. The topological polar surface area (TPSA) is 60.6 Å². The minimum Gasteiger partial charge on any atom is -0.497 e. The Labute approximate surface area is 177 Å². The molecule has 1 aliphatic heterocycles. The van der Waals surface area contributed by atoms with Crippen LogP contribution < -0.4 is 15.0 Å². The second-order valence-corrected chi connectivity index (χ2v) is 7.76. The third-order valence-corrected chi connectivity index (χ3v) is 5.75. The number of benzene rings is 2. The van der Waals surface area contributed by atoms with Crippen LogP contribution in [0.5, 0.6) is 5.75 Å². The third kappa shape index (κ3) is 4.94. The number of ether oxygens (including phenoxy) is 1. The number of nitrogens with one attached hydrogen (secondary N) is 2. The standard InChI is InChI=1S/C24H30N4O2/c1-30-21-9-6-8-20(18-21)28-15-13-27(14-16-28)12-5-4-11-25-24(29)23-17-19-7-2-3-10-22(19)26-23/h2-3,6-10,17-18,26H,4-5,11-16H2,1H3,(H,25,29). The third-order valence-electron chi connectivity index (χ3n) is 5.75. The van der Waals surface area contributed by atoms with Crippen LogP contribution in [0, 0.1) is 0 Å². The van der Waals surface area contributed by atoms with Gasteiger partial charge in [-0.3, -0.25) is 9.69 Å². The molecule has 1 amide bonds. The first kappa shape index (κ1) is 20.3. The van der Waals surface area contributed by atoms with Crippen molar-refractivity contribution in [1.29, 1.82) is 0 Å². The first-order chi connectivity index (χ1) is 14.7. The number of anilines is 1. The van der Waals surface area contributed by atoms with Gasteiger partial charge in [0.15, 0.2) is 0 Å². The Morgan fingerprint density at radius 1 is 1.03 bits per heavy atom. The molecule has 6 nitrogen and oxygen atoms in total. The van der Waals surface area contributed by atoms with E-state index in [2.05, 4.69) is 32.2 Å². The summed E-state index contributed by atoms with van der Waals surface area (Å²) in [4.78, 5) is 20.4. The predicted octanol–water partition coefficient (Wildman–Crippen LogP) is 3.51. The van der Waals surface area contributed by atoms with Crippen LogP contribution in [-0.2, 0) is 0 Å². The van der Waals surface area contributed by atoms with Crippen LogP contribution in [0.1, 0.15) is 23.3 Å². The molecule has 4 rings (SSSR count). The number of unbranched alkanes of at least 4 members (excludes halogenated alkanes) is 1. The van der Waals surface area contributed by atoms with Crippen LogP contribution in [0.25, 0.3) is 10.9 Å². The van der Waals surface area contributed by atoms with Gasteiger partial charge < -0.3 is 19.9 Å². The zero-order chi connectivity index (χ0) is 20.8. The Bertz CT molecular complexity index is 943.